The highest BCUT2D eigenvalue weighted by molar-refractivity contribution is 7.20. The van der Waals surface area contributed by atoms with Crippen molar-refractivity contribution in [1.29, 1.82) is 0 Å². The maximum absolute atomic E-state index is 12.4. The lowest BCUT2D eigenvalue weighted by atomic mass is 10.1. The molecule has 0 saturated heterocycles. The summed E-state index contributed by atoms with van der Waals surface area (Å²) in [6.07, 6.45) is 2.31. The maximum Gasteiger partial charge on any atom is 0.348 e. The second-order valence-corrected chi connectivity index (χ2v) is 8.86. The van der Waals surface area contributed by atoms with E-state index in [4.69, 9.17) is 4.74 Å². The first kappa shape index (κ1) is 19.6. The Kier molecular flexibility index (Phi) is 5.41. The molecule has 0 aliphatic heterocycles. The van der Waals surface area contributed by atoms with Gasteiger partial charge in [-0.2, -0.15) is 5.10 Å². The van der Waals surface area contributed by atoms with Gasteiger partial charge in [-0.05, 0) is 51.2 Å². The molecule has 7 heteroatoms. The number of carbonyl (C=O) groups excluding carboxylic acids is 2. The van der Waals surface area contributed by atoms with E-state index in [0.29, 0.717) is 17.3 Å². The highest BCUT2D eigenvalue weighted by atomic mass is 32.1. The Morgan fingerprint density at radius 3 is 2.69 bits per heavy atom. The molecular formula is C22H25N3O3S. The van der Waals surface area contributed by atoms with Crippen molar-refractivity contribution in [2.75, 3.05) is 6.61 Å². The Labute approximate surface area is 173 Å². The fourth-order valence-electron chi connectivity index (χ4n) is 3.40. The first-order chi connectivity index (χ1) is 13.9. The SMILES string of the molecule is Cc1ccc(Cn2nc(C)c3cc(C(=O)OCC(=O)N[C@@H](C)C4CC4)sc32)cc1. The molecule has 1 saturated carbocycles. The third kappa shape index (κ3) is 4.50. The summed E-state index contributed by atoms with van der Waals surface area (Å²) in [5, 5.41) is 8.45. The lowest BCUT2D eigenvalue weighted by Crippen LogP contribution is -2.37. The van der Waals surface area contributed by atoms with Crippen LogP contribution in [0.15, 0.2) is 30.3 Å². The fourth-order valence-corrected chi connectivity index (χ4v) is 4.45. The lowest BCUT2D eigenvalue weighted by molar-refractivity contribution is -0.124. The van der Waals surface area contributed by atoms with Crippen LogP contribution in [0.25, 0.3) is 10.2 Å². The van der Waals surface area contributed by atoms with Gasteiger partial charge >= 0.3 is 5.97 Å². The molecule has 1 N–H and O–H groups in total. The number of amides is 1. The van der Waals surface area contributed by atoms with Crippen LogP contribution < -0.4 is 5.32 Å². The molecule has 1 atom stereocenters. The fraction of sp³-hybridized carbons (Fsp3) is 0.409. The molecule has 1 amide bonds. The predicted molar refractivity (Wildman–Crippen MR) is 113 cm³/mol. The van der Waals surface area contributed by atoms with Crippen molar-refractivity contribution in [3.8, 4) is 0 Å². The molecule has 29 heavy (non-hydrogen) atoms. The minimum atomic E-state index is -0.471. The van der Waals surface area contributed by atoms with E-state index in [9.17, 15) is 9.59 Å². The van der Waals surface area contributed by atoms with E-state index in [0.717, 1.165) is 34.3 Å². The Morgan fingerprint density at radius 2 is 2.00 bits per heavy atom. The van der Waals surface area contributed by atoms with E-state index < -0.39 is 5.97 Å². The Balaban J connectivity index is 1.43. The van der Waals surface area contributed by atoms with Crippen LogP contribution in [0.5, 0.6) is 0 Å². The summed E-state index contributed by atoms with van der Waals surface area (Å²) in [5.74, 6) is -0.154. The second-order valence-electron chi connectivity index (χ2n) is 7.83. The van der Waals surface area contributed by atoms with Crippen LogP contribution in [-0.4, -0.2) is 34.3 Å². The van der Waals surface area contributed by atoms with Gasteiger partial charge in [0.2, 0.25) is 0 Å². The van der Waals surface area contributed by atoms with E-state index >= 15 is 0 Å². The number of thiophene rings is 1. The van der Waals surface area contributed by atoms with Crippen LogP contribution in [0.1, 0.15) is 46.3 Å². The molecule has 0 radical (unpaired) electrons. The van der Waals surface area contributed by atoms with Gasteiger partial charge in [-0.25, -0.2) is 4.79 Å². The zero-order valence-electron chi connectivity index (χ0n) is 16.9. The van der Waals surface area contributed by atoms with Crippen LogP contribution in [0.3, 0.4) is 0 Å². The highest BCUT2D eigenvalue weighted by Crippen LogP contribution is 2.32. The molecule has 152 valence electrons. The van der Waals surface area contributed by atoms with Crippen LogP contribution in [0.2, 0.25) is 0 Å². The number of aryl methyl sites for hydroxylation is 2. The summed E-state index contributed by atoms with van der Waals surface area (Å²) in [7, 11) is 0. The van der Waals surface area contributed by atoms with Crippen LogP contribution >= 0.6 is 11.3 Å². The van der Waals surface area contributed by atoms with Crippen molar-refractivity contribution in [3.63, 3.8) is 0 Å². The molecule has 0 spiro atoms. The molecule has 1 aliphatic rings. The molecule has 1 aliphatic carbocycles. The maximum atomic E-state index is 12.4. The monoisotopic (exact) mass is 411 g/mol. The zero-order valence-corrected chi connectivity index (χ0v) is 17.7. The number of hydrogen-bond acceptors (Lipinski definition) is 5. The minimum Gasteiger partial charge on any atom is -0.451 e. The van der Waals surface area contributed by atoms with Crippen molar-refractivity contribution in [2.45, 2.75) is 46.2 Å². The molecule has 1 aromatic carbocycles. The number of aromatic nitrogens is 2. The smallest absolute Gasteiger partial charge is 0.348 e. The molecule has 0 unspecified atom stereocenters. The lowest BCUT2D eigenvalue weighted by Gasteiger charge is -2.12. The summed E-state index contributed by atoms with van der Waals surface area (Å²) < 4.78 is 7.15. The number of esters is 1. The summed E-state index contributed by atoms with van der Waals surface area (Å²) in [6.45, 7) is 6.37. The highest BCUT2D eigenvalue weighted by Gasteiger charge is 2.29. The number of rotatable bonds is 7. The predicted octanol–water partition coefficient (Wildman–Crippen LogP) is 3.83. The average Bonchev–Trinajstić information content (AvgIpc) is 3.38. The normalized spacial score (nSPS) is 14.7. The van der Waals surface area contributed by atoms with Gasteiger partial charge < -0.3 is 10.1 Å². The standard InChI is InChI=1S/C22H25N3O3S/c1-13-4-6-16(7-5-13)11-25-21-18(15(3)24-25)10-19(29-21)22(27)28-12-20(26)23-14(2)17-8-9-17/h4-7,10,14,17H,8-9,11-12H2,1-3H3,(H,23,26)/t14-/m0/s1. The summed E-state index contributed by atoms with van der Waals surface area (Å²) in [6, 6.07) is 10.3. The molecular weight excluding hydrogens is 386 g/mol. The number of nitrogens with one attached hydrogen (secondary N) is 1. The van der Waals surface area contributed by atoms with Gasteiger partial charge in [0.15, 0.2) is 6.61 Å². The zero-order chi connectivity index (χ0) is 20.5. The van der Waals surface area contributed by atoms with E-state index in [1.54, 1.807) is 6.07 Å². The number of ether oxygens (including phenoxy) is 1. The van der Waals surface area contributed by atoms with Gasteiger partial charge in [0.25, 0.3) is 5.91 Å². The van der Waals surface area contributed by atoms with Crippen molar-refractivity contribution < 1.29 is 14.3 Å². The third-order valence-corrected chi connectivity index (χ3v) is 6.44. The largest absolute Gasteiger partial charge is 0.451 e. The molecule has 3 aromatic rings. The van der Waals surface area contributed by atoms with Gasteiger partial charge in [0.05, 0.1) is 12.2 Å². The molecule has 0 bridgehead atoms. The van der Waals surface area contributed by atoms with Crippen molar-refractivity contribution in [2.24, 2.45) is 5.92 Å². The molecule has 1 fully saturated rings. The van der Waals surface area contributed by atoms with E-state index in [1.165, 1.54) is 16.9 Å². The first-order valence-corrected chi connectivity index (χ1v) is 10.7. The van der Waals surface area contributed by atoms with Crippen LogP contribution in [0.4, 0.5) is 0 Å². The average molecular weight is 412 g/mol. The number of benzene rings is 1. The van der Waals surface area contributed by atoms with Crippen molar-refractivity contribution in [3.05, 3.63) is 52.0 Å². The Morgan fingerprint density at radius 1 is 1.28 bits per heavy atom. The molecule has 6 nitrogen and oxygen atoms in total. The molecule has 4 rings (SSSR count). The van der Waals surface area contributed by atoms with Crippen molar-refractivity contribution in [1.82, 2.24) is 15.1 Å². The molecule has 2 heterocycles. The van der Waals surface area contributed by atoms with Gasteiger partial charge in [0, 0.05) is 11.4 Å². The van der Waals surface area contributed by atoms with E-state index in [2.05, 4.69) is 41.6 Å². The summed E-state index contributed by atoms with van der Waals surface area (Å²) >= 11 is 1.35. The van der Waals surface area contributed by atoms with Crippen LogP contribution in [-0.2, 0) is 16.1 Å². The van der Waals surface area contributed by atoms with Gasteiger partial charge in [0.1, 0.15) is 9.71 Å². The van der Waals surface area contributed by atoms with Gasteiger partial charge in [-0.15, -0.1) is 11.3 Å². The number of carbonyl (C=O) groups is 2. The summed E-state index contributed by atoms with van der Waals surface area (Å²) in [5.41, 5.74) is 3.24. The quantitative estimate of drug-likeness (QED) is 0.600. The minimum absolute atomic E-state index is 0.140. The number of fused-ring (bicyclic) bond motifs is 1. The third-order valence-electron chi connectivity index (χ3n) is 5.31. The number of nitrogens with zero attached hydrogens (tertiary/aromatic N) is 2. The van der Waals surface area contributed by atoms with E-state index in [-0.39, 0.29) is 18.6 Å². The number of hydrogen-bond donors (Lipinski definition) is 1. The Hall–Kier alpha value is -2.67. The second kappa shape index (κ2) is 7.99. The van der Waals surface area contributed by atoms with Gasteiger partial charge in [-0.1, -0.05) is 29.8 Å². The Bertz CT molecular complexity index is 1050. The molecule has 2 aromatic heterocycles. The van der Waals surface area contributed by atoms with Crippen LogP contribution in [0, 0.1) is 19.8 Å². The topological polar surface area (TPSA) is 73.2 Å². The van der Waals surface area contributed by atoms with E-state index in [1.807, 2.05) is 18.5 Å². The summed E-state index contributed by atoms with van der Waals surface area (Å²) in [4.78, 5) is 25.8. The van der Waals surface area contributed by atoms with Gasteiger partial charge in [-0.3, -0.25) is 9.48 Å². The van der Waals surface area contributed by atoms with Crippen molar-refractivity contribution >= 4 is 33.4 Å². The first-order valence-electron chi connectivity index (χ1n) is 9.89.